The number of aromatic nitrogens is 5. The van der Waals surface area contributed by atoms with Crippen LogP contribution in [0.25, 0.3) is 0 Å². The Morgan fingerprint density at radius 2 is 2.24 bits per heavy atom. The second-order valence-corrected chi connectivity index (χ2v) is 11.1. The van der Waals surface area contributed by atoms with Crippen LogP contribution in [0.3, 0.4) is 0 Å². The van der Waals surface area contributed by atoms with Crippen molar-refractivity contribution in [2.75, 3.05) is 23.4 Å². The van der Waals surface area contributed by atoms with Gasteiger partial charge in [-0.15, -0.1) is 16.9 Å². The number of amides is 3. The highest BCUT2D eigenvalue weighted by Gasteiger charge is 2.54. The Balaban J connectivity index is 1.52. The zero-order valence-electron chi connectivity index (χ0n) is 19.4. The zero-order valence-corrected chi connectivity index (χ0v) is 22.6. The molecule has 4 rings (SSSR count). The number of carboxylic acid groups (broad SMARTS) is 1. The van der Waals surface area contributed by atoms with Crippen LogP contribution >= 0.6 is 46.5 Å². The largest absolute Gasteiger partial charge is 0.477 e. The number of anilines is 1. The summed E-state index contributed by atoms with van der Waals surface area (Å²) in [6.07, 6.45) is 1.81. The van der Waals surface area contributed by atoms with Crippen molar-refractivity contribution < 1.29 is 29.1 Å². The summed E-state index contributed by atoms with van der Waals surface area (Å²) in [6.45, 7) is 3.48. The molecule has 4 heterocycles. The van der Waals surface area contributed by atoms with Crippen molar-refractivity contribution in [1.29, 1.82) is 0 Å². The summed E-state index contributed by atoms with van der Waals surface area (Å²) < 4.78 is 1.50. The summed E-state index contributed by atoms with van der Waals surface area (Å²) in [5, 5.41) is 29.7. The second-order valence-electron chi connectivity index (χ2n) is 7.42. The second kappa shape index (κ2) is 11.9. The summed E-state index contributed by atoms with van der Waals surface area (Å²) >= 11 is 9.64. The van der Waals surface area contributed by atoms with Gasteiger partial charge in [0.05, 0.1) is 0 Å². The number of β-lactam (4-membered cyclic amide) rings is 1. The van der Waals surface area contributed by atoms with Gasteiger partial charge in [-0.1, -0.05) is 52.5 Å². The van der Waals surface area contributed by atoms with Crippen LogP contribution in [0.2, 0.25) is 4.34 Å². The van der Waals surface area contributed by atoms with Gasteiger partial charge in [0, 0.05) is 18.6 Å². The van der Waals surface area contributed by atoms with E-state index in [-0.39, 0.29) is 38.9 Å². The molecule has 1 unspecified atom stereocenters. The first-order chi connectivity index (χ1) is 18.3. The molecule has 0 aromatic carbocycles. The summed E-state index contributed by atoms with van der Waals surface area (Å²) in [5.74, 6) is -2.12. The van der Waals surface area contributed by atoms with Crippen LogP contribution in [0.5, 0.6) is 0 Å². The van der Waals surface area contributed by atoms with Crippen LogP contribution in [-0.4, -0.2) is 94.6 Å². The van der Waals surface area contributed by atoms with E-state index in [9.17, 15) is 24.3 Å². The molecule has 15 nitrogen and oxygen atoms in total. The fraction of sp³-hybridized carbons (Fsp3) is 0.316. The fourth-order valence-corrected chi connectivity index (χ4v) is 6.74. The van der Waals surface area contributed by atoms with E-state index < -0.39 is 29.2 Å². The maximum atomic E-state index is 13.2. The Morgan fingerprint density at radius 1 is 1.45 bits per heavy atom. The van der Waals surface area contributed by atoms with Gasteiger partial charge in [0.15, 0.2) is 10.8 Å². The lowest BCUT2D eigenvalue weighted by Gasteiger charge is -2.49. The molecule has 0 spiro atoms. The lowest BCUT2D eigenvalue weighted by molar-refractivity contribution is -0.150. The van der Waals surface area contributed by atoms with E-state index in [4.69, 9.17) is 16.4 Å². The molecule has 0 saturated carbocycles. The maximum absolute atomic E-state index is 13.2. The predicted octanol–water partition coefficient (Wildman–Crippen LogP) is 0.326. The highest BCUT2D eigenvalue weighted by molar-refractivity contribution is 8.01. The van der Waals surface area contributed by atoms with Crippen LogP contribution in [0.1, 0.15) is 5.69 Å². The van der Waals surface area contributed by atoms with Gasteiger partial charge in [0.2, 0.25) is 11.6 Å². The molecule has 2 aliphatic rings. The van der Waals surface area contributed by atoms with Gasteiger partial charge in [0.1, 0.15) is 33.7 Å². The number of halogens is 1. The van der Waals surface area contributed by atoms with Crippen LogP contribution < -0.4 is 10.6 Å². The van der Waals surface area contributed by atoms with E-state index in [2.05, 4.69) is 42.9 Å². The normalized spacial score (nSPS) is 18.9. The maximum Gasteiger partial charge on any atom is 0.352 e. The number of aryl methyl sites for hydroxylation is 1. The van der Waals surface area contributed by atoms with Crippen molar-refractivity contribution in [2.45, 2.75) is 16.6 Å². The van der Waals surface area contributed by atoms with Gasteiger partial charge in [-0.3, -0.25) is 19.3 Å². The number of hydrogen-bond acceptors (Lipinski definition) is 13. The molecule has 0 bridgehead atoms. The van der Waals surface area contributed by atoms with Gasteiger partial charge < -0.3 is 20.6 Å². The first-order valence-corrected chi connectivity index (χ1v) is 13.7. The van der Waals surface area contributed by atoms with Crippen molar-refractivity contribution >= 4 is 81.5 Å². The molecule has 200 valence electrons. The van der Waals surface area contributed by atoms with Gasteiger partial charge >= 0.3 is 5.97 Å². The highest BCUT2D eigenvalue weighted by atomic mass is 35.5. The van der Waals surface area contributed by atoms with Crippen LogP contribution in [0.15, 0.2) is 34.2 Å². The lowest BCUT2D eigenvalue weighted by atomic mass is 10.0. The van der Waals surface area contributed by atoms with Crippen molar-refractivity contribution in [1.82, 2.24) is 35.4 Å². The van der Waals surface area contributed by atoms with Crippen molar-refractivity contribution in [3.05, 3.63) is 34.0 Å². The standard InChI is InChI=1S/C19H18ClN9O6S3/c1-3-4-35-25-10(9-13(20)38-18(23-9)21-7-30)14(31)22-11-15(32)29-12(17(33)34)8(5-36-16(11)29)6-37-19-24-26-27-28(19)2/h3,7,11,16H,1,4-6H2,2H3,(H,22,31)(H,33,34)(H,21,23,30)/t11?,16-/m1/s1. The molecule has 3 amide bonds. The number of nitrogens with one attached hydrogen (secondary N) is 2. The summed E-state index contributed by atoms with van der Waals surface area (Å²) in [7, 11) is 1.66. The molecule has 2 aromatic heterocycles. The minimum atomic E-state index is -1.26. The van der Waals surface area contributed by atoms with Crippen LogP contribution in [0, 0.1) is 0 Å². The predicted molar refractivity (Wildman–Crippen MR) is 139 cm³/mol. The Labute approximate surface area is 231 Å². The zero-order chi connectivity index (χ0) is 27.4. The number of nitrogens with zero attached hydrogens (tertiary/aromatic N) is 7. The fourth-order valence-electron chi connectivity index (χ4n) is 3.41. The number of thioether (sulfide) groups is 2. The number of tetrazole rings is 1. The van der Waals surface area contributed by atoms with E-state index in [0.29, 0.717) is 22.9 Å². The van der Waals surface area contributed by atoms with Gasteiger partial charge in [0.25, 0.3) is 11.8 Å². The Bertz CT molecular complexity index is 1360. The van der Waals surface area contributed by atoms with E-state index >= 15 is 0 Å². The van der Waals surface area contributed by atoms with E-state index in [1.165, 1.54) is 34.3 Å². The first-order valence-electron chi connectivity index (χ1n) is 10.5. The molecule has 0 radical (unpaired) electrons. The molecule has 1 fully saturated rings. The molecule has 0 aliphatic carbocycles. The van der Waals surface area contributed by atoms with Gasteiger partial charge in [-0.05, 0) is 16.0 Å². The molecule has 2 atom stereocenters. The molecule has 3 N–H and O–H groups in total. The van der Waals surface area contributed by atoms with Crippen molar-refractivity contribution in [3.63, 3.8) is 0 Å². The van der Waals surface area contributed by atoms with Gasteiger partial charge in [-0.25, -0.2) is 14.5 Å². The minimum Gasteiger partial charge on any atom is -0.477 e. The number of oxime groups is 1. The van der Waals surface area contributed by atoms with E-state index in [1.807, 2.05) is 0 Å². The number of rotatable bonds is 12. The SMILES string of the molecule is C=CCON=C(C(=O)NC1C(=O)N2C(C(=O)O)=C(CSc3nnnn3C)CS[C@H]12)c1nc(NC=O)sc1Cl. The van der Waals surface area contributed by atoms with Crippen molar-refractivity contribution in [3.8, 4) is 0 Å². The summed E-state index contributed by atoms with van der Waals surface area (Å²) in [5.41, 5.74) is -0.00897. The lowest BCUT2D eigenvalue weighted by Crippen LogP contribution is -2.71. The Morgan fingerprint density at radius 3 is 2.89 bits per heavy atom. The monoisotopic (exact) mass is 599 g/mol. The number of carbonyl (C=O) groups is 4. The number of carbonyl (C=O) groups excluding carboxylic acids is 3. The third-order valence-corrected chi connectivity index (χ3v) is 8.67. The first kappa shape index (κ1) is 27.6. The number of thiazole rings is 1. The average Bonchev–Trinajstić information content (AvgIpc) is 3.47. The molecular weight excluding hydrogens is 582 g/mol. The number of fused-ring (bicyclic) bond motifs is 1. The quantitative estimate of drug-likeness (QED) is 0.0576. The topological polar surface area (TPSA) is 194 Å². The summed E-state index contributed by atoms with van der Waals surface area (Å²) in [6, 6.07) is -1.03. The van der Waals surface area contributed by atoms with E-state index in [1.54, 1.807) is 7.05 Å². The molecule has 1 saturated heterocycles. The Kier molecular flexibility index (Phi) is 8.65. The van der Waals surface area contributed by atoms with Gasteiger partial charge in [-0.2, -0.15) is 0 Å². The number of carboxylic acids is 1. The molecule has 2 aliphatic heterocycles. The molecule has 38 heavy (non-hydrogen) atoms. The van der Waals surface area contributed by atoms with Crippen molar-refractivity contribution in [2.24, 2.45) is 12.2 Å². The summed E-state index contributed by atoms with van der Waals surface area (Å²) in [4.78, 5) is 59.3. The smallest absolute Gasteiger partial charge is 0.352 e. The average molecular weight is 600 g/mol. The Hall–Kier alpha value is -3.48. The molecular formula is C19H18ClN9O6S3. The molecule has 19 heteroatoms. The minimum absolute atomic E-state index is 0.0233. The molecule has 2 aromatic rings. The van der Waals surface area contributed by atoms with Crippen LogP contribution in [0.4, 0.5) is 5.13 Å². The number of aliphatic carboxylic acids is 1. The van der Waals surface area contributed by atoms with E-state index in [0.717, 1.165) is 16.2 Å². The van der Waals surface area contributed by atoms with Crippen LogP contribution in [-0.2, 0) is 31.1 Å². The third kappa shape index (κ3) is 5.52. The highest BCUT2D eigenvalue weighted by Crippen LogP contribution is 2.41. The number of hydrogen-bond donors (Lipinski definition) is 3. The third-order valence-electron chi connectivity index (χ3n) is 5.05.